The van der Waals surface area contributed by atoms with Gasteiger partial charge >= 0.3 is 0 Å². The zero-order valence-electron chi connectivity index (χ0n) is 9.81. The normalized spacial score (nSPS) is 9.59. The summed E-state index contributed by atoms with van der Waals surface area (Å²) in [5.74, 6) is -0.164. The van der Waals surface area contributed by atoms with Gasteiger partial charge in [-0.3, -0.25) is 14.9 Å². The summed E-state index contributed by atoms with van der Waals surface area (Å²) in [6.45, 7) is 1.33. The van der Waals surface area contributed by atoms with Crippen LogP contribution in [0, 0.1) is 0 Å². The van der Waals surface area contributed by atoms with Crippen LogP contribution >= 0.6 is 0 Å². The van der Waals surface area contributed by atoms with Gasteiger partial charge in [0, 0.05) is 0 Å². The van der Waals surface area contributed by atoms with E-state index in [1.54, 1.807) is 0 Å². The van der Waals surface area contributed by atoms with Gasteiger partial charge in [-0.1, -0.05) is 0 Å². The molecule has 0 atom stereocenters. The summed E-state index contributed by atoms with van der Waals surface area (Å²) in [4.78, 5) is 29.8. The van der Waals surface area contributed by atoms with E-state index in [4.69, 9.17) is 9.47 Å². The first kappa shape index (κ1) is 12.9. The van der Waals surface area contributed by atoms with Crippen molar-refractivity contribution in [1.29, 1.82) is 0 Å². The SMILES string of the molecule is COc1cc(OC)nc(NC(=O)CC(C)=O)n1. The average molecular weight is 239 g/mol. The van der Waals surface area contributed by atoms with Gasteiger partial charge in [-0.2, -0.15) is 9.97 Å². The van der Waals surface area contributed by atoms with Crippen molar-refractivity contribution in [2.24, 2.45) is 0 Å². The first-order chi connectivity index (χ1) is 8.05. The van der Waals surface area contributed by atoms with Gasteiger partial charge in [-0.05, 0) is 6.92 Å². The average Bonchev–Trinajstić information content (AvgIpc) is 2.27. The molecule has 92 valence electrons. The highest BCUT2D eigenvalue weighted by Crippen LogP contribution is 2.17. The predicted octanol–water partition coefficient (Wildman–Crippen LogP) is 0.411. The lowest BCUT2D eigenvalue weighted by atomic mass is 10.3. The molecule has 1 N–H and O–H groups in total. The molecule has 0 aromatic carbocycles. The molecule has 1 rings (SSSR count). The second kappa shape index (κ2) is 5.78. The zero-order valence-corrected chi connectivity index (χ0v) is 9.81. The zero-order chi connectivity index (χ0) is 12.8. The van der Waals surface area contributed by atoms with Crippen molar-refractivity contribution in [3.8, 4) is 11.8 Å². The minimum Gasteiger partial charge on any atom is -0.481 e. The Labute approximate surface area is 98.2 Å². The lowest BCUT2D eigenvalue weighted by Crippen LogP contribution is -2.17. The lowest BCUT2D eigenvalue weighted by molar-refractivity contribution is -0.124. The summed E-state index contributed by atoms with van der Waals surface area (Å²) in [5, 5.41) is 2.38. The third-order valence-electron chi connectivity index (χ3n) is 1.76. The maximum atomic E-state index is 11.3. The van der Waals surface area contributed by atoms with Crippen LogP contribution in [0.1, 0.15) is 13.3 Å². The van der Waals surface area contributed by atoms with Crippen LogP contribution in [0.3, 0.4) is 0 Å². The molecular formula is C10H13N3O4. The molecule has 7 heteroatoms. The predicted molar refractivity (Wildman–Crippen MR) is 59.1 cm³/mol. The summed E-state index contributed by atoms with van der Waals surface area (Å²) in [7, 11) is 2.87. The van der Waals surface area contributed by atoms with Crippen molar-refractivity contribution in [3.05, 3.63) is 6.07 Å². The topological polar surface area (TPSA) is 90.4 Å². The largest absolute Gasteiger partial charge is 0.481 e. The standard InChI is InChI=1S/C10H13N3O4/c1-6(14)4-7(15)11-10-12-8(16-2)5-9(13-10)17-3/h5H,4H2,1-3H3,(H,11,12,13,15). The number of rotatable bonds is 5. The molecule has 0 bridgehead atoms. The Morgan fingerprint density at radius 3 is 2.18 bits per heavy atom. The van der Waals surface area contributed by atoms with Crippen LogP contribution in [0.5, 0.6) is 11.8 Å². The third kappa shape index (κ3) is 4.06. The number of amides is 1. The van der Waals surface area contributed by atoms with Gasteiger partial charge in [0.05, 0.1) is 26.7 Å². The molecule has 0 aliphatic heterocycles. The van der Waals surface area contributed by atoms with Crippen LogP contribution in [0.4, 0.5) is 5.95 Å². The number of carbonyl (C=O) groups excluding carboxylic acids is 2. The molecule has 0 unspecified atom stereocenters. The molecule has 17 heavy (non-hydrogen) atoms. The van der Waals surface area contributed by atoms with Gasteiger partial charge in [0.15, 0.2) is 0 Å². The summed E-state index contributed by atoms with van der Waals surface area (Å²) < 4.78 is 9.82. The van der Waals surface area contributed by atoms with E-state index in [1.165, 1.54) is 27.2 Å². The highest BCUT2D eigenvalue weighted by molar-refractivity contribution is 6.02. The highest BCUT2D eigenvalue weighted by atomic mass is 16.5. The molecule has 0 saturated heterocycles. The summed E-state index contributed by atoms with van der Waals surface area (Å²) in [6.07, 6.45) is -0.219. The Morgan fingerprint density at radius 1 is 1.24 bits per heavy atom. The summed E-state index contributed by atoms with van der Waals surface area (Å²) in [5.41, 5.74) is 0. The number of anilines is 1. The van der Waals surface area contributed by atoms with E-state index in [0.29, 0.717) is 0 Å². The van der Waals surface area contributed by atoms with E-state index in [1.807, 2.05) is 0 Å². The Balaban J connectivity index is 2.82. The number of Topliss-reactive ketones (excluding diaryl/α,β-unsaturated/α-hetero) is 1. The summed E-state index contributed by atoms with van der Waals surface area (Å²) >= 11 is 0. The van der Waals surface area contributed by atoms with E-state index in [0.717, 1.165) is 0 Å². The number of hydrogen-bond acceptors (Lipinski definition) is 6. The number of nitrogens with one attached hydrogen (secondary N) is 1. The van der Waals surface area contributed by atoms with Crippen LogP contribution in [0.2, 0.25) is 0 Å². The number of ether oxygens (including phenoxy) is 2. The van der Waals surface area contributed by atoms with Gasteiger partial charge < -0.3 is 9.47 Å². The van der Waals surface area contributed by atoms with Gasteiger partial charge in [0.25, 0.3) is 0 Å². The van der Waals surface area contributed by atoms with Crippen LogP contribution in [0.25, 0.3) is 0 Å². The highest BCUT2D eigenvalue weighted by Gasteiger charge is 2.10. The van der Waals surface area contributed by atoms with Gasteiger partial charge in [0.1, 0.15) is 5.78 Å². The molecular weight excluding hydrogens is 226 g/mol. The van der Waals surface area contributed by atoms with Gasteiger partial charge in [-0.25, -0.2) is 0 Å². The molecule has 7 nitrogen and oxygen atoms in total. The number of nitrogens with zero attached hydrogens (tertiary/aromatic N) is 2. The number of aromatic nitrogens is 2. The van der Waals surface area contributed by atoms with Crippen molar-refractivity contribution in [1.82, 2.24) is 9.97 Å². The molecule has 1 amide bonds. The van der Waals surface area contributed by atoms with E-state index >= 15 is 0 Å². The minimum absolute atomic E-state index is 0.0347. The van der Waals surface area contributed by atoms with Crippen molar-refractivity contribution >= 4 is 17.6 Å². The third-order valence-corrected chi connectivity index (χ3v) is 1.76. The molecule has 0 aliphatic carbocycles. The second-order valence-electron chi connectivity index (χ2n) is 3.20. The number of carbonyl (C=O) groups is 2. The number of ketones is 1. The first-order valence-electron chi connectivity index (χ1n) is 4.81. The number of hydrogen-bond donors (Lipinski definition) is 1. The molecule has 0 spiro atoms. The number of methoxy groups -OCH3 is 2. The van der Waals surface area contributed by atoms with Crippen molar-refractivity contribution < 1.29 is 19.1 Å². The van der Waals surface area contributed by atoms with Crippen LogP contribution in [-0.4, -0.2) is 35.9 Å². The smallest absolute Gasteiger partial charge is 0.236 e. The monoisotopic (exact) mass is 239 g/mol. The fraction of sp³-hybridized carbons (Fsp3) is 0.400. The Kier molecular flexibility index (Phi) is 4.38. The quantitative estimate of drug-likeness (QED) is 0.748. The lowest BCUT2D eigenvalue weighted by Gasteiger charge is -2.06. The van der Waals surface area contributed by atoms with Gasteiger partial charge in [-0.15, -0.1) is 0 Å². The Hall–Kier alpha value is -2.18. The maximum absolute atomic E-state index is 11.3. The Bertz CT molecular complexity index is 411. The Morgan fingerprint density at radius 2 is 1.76 bits per heavy atom. The molecule has 0 fully saturated rings. The van der Waals surface area contributed by atoms with E-state index in [9.17, 15) is 9.59 Å². The van der Waals surface area contributed by atoms with Gasteiger partial charge in [0.2, 0.25) is 23.6 Å². The van der Waals surface area contributed by atoms with E-state index in [-0.39, 0.29) is 29.9 Å². The molecule has 1 aromatic rings. The van der Waals surface area contributed by atoms with Crippen molar-refractivity contribution in [2.75, 3.05) is 19.5 Å². The van der Waals surface area contributed by atoms with Crippen molar-refractivity contribution in [3.63, 3.8) is 0 Å². The van der Waals surface area contributed by atoms with E-state index in [2.05, 4.69) is 15.3 Å². The molecule has 0 radical (unpaired) electrons. The van der Waals surface area contributed by atoms with Crippen molar-refractivity contribution in [2.45, 2.75) is 13.3 Å². The maximum Gasteiger partial charge on any atom is 0.236 e. The second-order valence-corrected chi connectivity index (χ2v) is 3.20. The van der Waals surface area contributed by atoms with Crippen LogP contribution < -0.4 is 14.8 Å². The van der Waals surface area contributed by atoms with Crippen LogP contribution in [0.15, 0.2) is 6.07 Å². The molecule has 0 aliphatic rings. The molecule has 1 aromatic heterocycles. The van der Waals surface area contributed by atoms with Crippen LogP contribution in [-0.2, 0) is 9.59 Å². The molecule has 1 heterocycles. The van der Waals surface area contributed by atoms with E-state index < -0.39 is 5.91 Å². The minimum atomic E-state index is -0.479. The fourth-order valence-electron chi connectivity index (χ4n) is 1.06. The fourth-order valence-corrected chi connectivity index (χ4v) is 1.06. The summed E-state index contributed by atoms with van der Waals surface area (Å²) in [6, 6.07) is 1.47. The molecule has 0 saturated carbocycles. The first-order valence-corrected chi connectivity index (χ1v) is 4.81.